The lowest BCUT2D eigenvalue weighted by atomic mass is 9.79. The van der Waals surface area contributed by atoms with Gasteiger partial charge in [0.05, 0.1) is 7.57 Å². The number of nitrogens with one attached hydrogen (secondary N) is 1. The Morgan fingerprint density at radius 1 is 1.38 bits per heavy atom. The molecule has 0 aliphatic heterocycles. The summed E-state index contributed by atoms with van der Waals surface area (Å²) < 4.78 is 2.41. The minimum atomic E-state index is 0.263. The molecule has 0 aliphatic rings. The summed E-state index contributed by atoms with van der Waals surface area (Å²) in [6, 6.07) is 2.62. The largest absolute Gasteiger partial charge is 0.310 e. The molecule has 1 nitrogen and oxygen atoms in total. The fraction of sp³-hybridized carbons (Fsp3) is 0.667. The molecule has 1 N–H and O–H groups in total. The number of hydrogen-bond acceptors (Lipinski definition) is 2. The van der Waals surface area contributed by atoms with Gasteiger partial charge in [0.1, 0.15) is 0 Å². The van der Waals surface area contributed by atoms with E-state index in [4.69, 9.17) is 0 Å². The minimum Gasteiger partial charge on any atom is -0.310 e. The van der Waals surface area contributed by atoms with Crippen molar-refractivity contribution in [2.75, 3.05) is 6.54 Å². The second kappa shape index (κ2) is 5.98. The molecule has 0 radical (unpaired) electrons. The number of hydrogen-bond donors (Lipinski definition) is 1. The van der Waals surface area contributed by atoms with Gasteiger partial charge in [-0.05, 0) is 61.9 Å². The first-order chi connectivity index (χ1) is 7.42. The molecule has 0 fully saturated rings. The molecule has 92 valence electrons. The zero-order chi connectivity index (χ0) is 12.3. The molecular formula is C12H19Br2NS. The number of halogens is 2. The summed E-state index contributed by atoms with van der Waals surface area (Å²) in [4.78, 5) is 0. The third kappa shape index (κ3) is 3.31. The Labute approximate surface area is 119 Å². The summed E-state index contributed by atoms with van der Waals surface area (Å²) >= 11 is 8.95. The van der Waals surface area contributed by atoms with Crippen molar-refractivity contribution in [3.8, 4) is 0 Å². The van der Waals surface area contributed by atoms with Crippen LogP contribution in [0, 0.1) is 5.41 Å². The van der Waals surface area contributed by atoms with Crippen molar-refractivity contribution >= 4 is 43.2 Å². The Morgan fingerprint density at radius 2 is 2.00 bits per heavy atom. The Bertz CT molecular complexity index is 347. The predicted octanol–water partition coefficient (Wildman–Crippen LogP) is 5.36. The van der Waals surface area contributed by atoms with Crippen LogP contribution in [0.1, 0.15) is 45.7 Å². The van der Waals surface area contributed by atoms with E-state index in [1.54, 1.807) is 11.3 Å². The van der Waals surface area contributed by atoms with Crippen LogP contribution in [0.2, 0.25) is 0 Å². The van der Waals surface area contributed by atoms with E-state index in [2.05, 4.69) is 70.9 Å². The summed E-state index contributed by atoms with van der Waals surface area (Å²) in [6.45, 7) is 10.0. The Morgan fingerprint density at radius 3 is 2.38 bits per heavy atom. The van der Waals surface area contributed by atoms with Gasteiger partial charge in [0.2, 0.25) is 0 Å². The number of thiophene rings is 1. The predicted molar refractivity (Wildman–Crippen MR) is 80.2 cm³/mol. The molecule has 0 aromatic carbocycles. The highest BCUT2D eigenvalue weighted by molar-refractivity contribution is 9.12. The van der Waals surface area contributed by atoms with Crippen LogP contribution in [0.15, 0.2) is 13.6 Å². The van der Waals surface area contributed by atoms with Crippen LogP contribution in [0.25, 0.3) is 0 Å². The fourth-order valence-corrected chi connectivity index (χ4v) is 4.67. The lowest BCUT2D eigenvalue weighted by molar-refractivity contribution is 0.237. The lowest BCUT2D eigenvalue weighted by Crippen LogP contribution is -2.33. The summed E-state index contributed by atoms with van der Waals surface area (Å²) in [5.41, 5.74) is 1.63. The summed E-state index contributed by atoms with van der Waals surface area (Å²) in [6.07, 6.45) is 1.16. The van der Waals surface area contributed by atoms with Gasteiger partial charge in [-0.15, -0.1) is 11.3 Å². The molecule has 0 amide bonds. The quantitative estimate of drug-likeness (QED) is 0.737. The molecule has 0 saturated heterocycles. The normalized spacial score (nSPS) is 14.1. The standard InChI is InChI=1S/C12H19Br2NS/c1-5-12(3,4)10(15-6-2)8-7-9(13)16-11(8)14/h7,10,15H,5-6H2,1-4H3. The summed E-state index contributed by atoms with van der Waals surface area (Å²) in [5.74, 6) is 0. The van der Waals surface area contributed by atoms with E-state index < -0.39 is 0 Å². The van der Waals surface area contributed by atoms with E-state index in [1.165, 1.54) is 13.1 Å². The van der Waals surface area contributed by atoms with Gasteiger partial charge in [-0.1, -0.05) is 27.7 Å². The van der Waals surface area contributed by atoms with Crippen LogP contribution in [-0.4, -0.2) is 6.54 Å². The third-order valence-corrected chi connectivity index (χ3v) is 5.48. The van der Waals surface area contributed by atoms with Crippen LogP contribution in [0.3, 0.4) is 0 Å². The molecule has 0 saturated carbocycles. The van der Waals surface area contributed by atoms with Gasteiger partial charge in [0, 0.05) is 6.04 Å². The Kier molecular flexibility index (Phi) is 5.49. The zero-order valence-corrected chi connectivity index (χ0v) is 14.2. The monoisotopic (exact) mass is 367 g/mol. The van der Waals surface area contributed by atoms with Crippen LogP contribution in [0.5, 0.6) is 0 Å². The minimum absolute atomic E-state index is 0.263. The highest BCUT2D eigenvalue weighted by Gasteiger charge is 2.30. The molecule has 4 heteroatoms. The average Bonchev–Trinajstić information content (AvgIpc) is 2.54. The fourth-order valence-electron chi connectivity index (χ4n) is 1.77. The van der Waals surface area contributed by atoms with Crippen molar-refractivity contribution in [3.05, 3.63) is 19.2 Å². The molecule has 0 bridgehead atoms. The SMILES string of the molecule is CCNC(c1cc(Br)sc1Br)C(C)(C)CC. The van der Waals surface area contributed by atoms with E-state index in [0.29, 0.717) is 6.04 Å². The number of rotatable bonds is 5. The van der Waals surface area contributed by atoms with Crippen molar-refractivity contribution in [1.82, 2.24) is 5.32 Å². The maximum atomic E-state index is 3.66. The van der Waals surface area contributed by atoms with Gasteiger partial charge in [-0.2, -0.15) is 0 Å². The van der Waals surface area contributed by atoms with Crippen LogP contribution in [0.4, 0.5) is 0 Å². The van der Waals surface area contributed by atoms with Crippen LogP contribution in [-0.2, 0) is 0 Å². The summed E-state index contributed by atoms with van der Waals surface area (Å²) in [7, 11) is 0. The molecule has 1 aromatic rings. The van der Waals surface area contributed by atoms with Crippen molar-refractivity contribution in [2.45, 2.75) is 40.2 Å². The molecule has 0 spiro atoms. The van der Waals surface area contributed by atoms with Gasteiger partial charge in [0.25, 0.3) is 0 Å². The molecule has 1 heterocycles. The first-order valence-electron chi connectivity index (χ1n) is 5.60. The second-order valence-electron chi connectivity index (χ2n) is 4.61. The third-order valence-electron chi connectivity index (χ3n) is 3.10. The van der Waals surface area contributed by atoms with Crippen LogP contribution < -0.4 is 5.32 Å². The highest BCUT2D eigenvalue weighted by atomic mass is 79.9. The van der Waals surface area contributed by atoms with Crippen molar-refractivity contribution in [2.24, 2.45) is 5.41 Å². The molecule has 1 unspecified atom stereocenters. The molecule has 16 heavy (non-hydrogen) atoms. The molecule has 0 aliphatic carbocycles. The Hall–Kier alpha value is 0.620. The maximum absolute atomic E-state index is 3.66. The van der Waals surface area contributed by atoms with Gasteiger partial charge >= 0.3 is 0 Å². The zero-order valence-electron chi connectivity index (χ0n) is 10.2. The first-order valence-corrected chi connectivity index (χ1v) is 8.00. The molecule has 1 rings (SSSR count). The van der Waals surface area contributed by atoms with E-state index in [9.17, 15) is 0 Å². The first kappa shape index (κ1) is 14.7. The maximum Gasteiger partial charge on any atom is 0.0758 e. The smallest absolute Gasteiger partial charge is 0.0758 e. The lowest BCUT2D eigenvalue weighted by Gasteiger charge is -2.34. The van der Waals surface area contributed by atoms with E-state index in [0.717, 1.165) is 13.0 Å². The highest BCUT2D eigenvalue weighted by Crippen LogP contribution is 2.43. The van der Waals surface area contributed by atoms with E-state index in [-0.39, 0.29) is 5.41 Å². The van der Waals surface area contributed by atoms with Crippen LogP contribution >= 0.6 is 43.2 Å². The van der Waals surface area contributed by atoms with E-state index >= 15 is 0 Å². The molecular weight excluding hydrogens is 350 g/mol. The molecule has 1 atom stereocenters. The van der Waals surface area contributed by atoms with Crippen molar-refractivity contribution in [1.29, 1.82) is 0 Å². The van der Waals surface area contributed by atoms with Crippen molar-refractivity contribution in [3.63, 3.8) is 0 Å². The van der Waals surface area contributed by atoms with Gasteiger partial charge < -0.3 is 5.32 Å². The Balaban J connectivity index is 3.07. The molecule has 1 aromatic heterocycles. The van der Waals surface area contributed by atoms with Crippen molar-refractivity contribution < 1.29 is 0 Å². The van der Waals surface area contributed by atoms with Gasteiger partial charge in [0.15, 0.2) is 0 Å². The second-order valence-corrected chi connectivity index (χ2v) is 8.36. The topological polar surface area (TPSA) is 12.0 Å². The van der Waals surface area contributed by atoms with Gasteiger partial charge in [-0.3, -0.25) is 0 Å². The average molecular weight is 369 g/mol. The van der Waals surface area contributed by atoms with E-state index in [1.807, 2.05) is 0 Å². The summed E-state index contributed by atoms with van der Waals surface area (Å²) in [5, 5.41) is 3.60. The van der Waals surface area contributed by atoms with Gasteiger partial charge in [-0.25, -0.2) is 0 Å².